The number of aliphatic imine (C=N–C) groups is 1. The Hall–Kier alpha value is -1.51. The van der Waals surface area contributed by atoms with Gasteiger partial charge in [-0.2, -0.15) is 0 Å². The van der Waals surface area contributed by atoms with Gasteiger partial charge in [0.2, 0.25) is 0 Å². The van der Waals surface area contributed by atoms with Gasteiger partial charge in [0.1, 0.15) is 0 Å². The zero-order valence-corrected chi connectivity index (χ0v) is 12.7. The highest BCUT2D eigenvalue weighted by Crippen LogP contribution is 2.17. The molecule has 0 N–H and O–H groups in total. The van der Waals surface area contributed by atoms with Gasteiger partial charge in [-0.15, -0.1) is 0 Å². The highest BCUT2D eigenvalue weighted by Gasteiger charge is 2.07. The molecular weight excluding hydrogens is 222 g/mol. The molecule has 0 aliphatic carbocycles. The second-order valence-electron chi connectivity index (χ2n) is 5.28. The summed E-state index contributed by atoms with van der Waals surface area (Å²) >= 11 is 0. The summed E-state index contributed by atoms with van der Waals surface area (Å²) < 4.78 is 0. The summed E-state index contributed by atoms with van der Waals surface area (Å²) in [6.07, 6.45) is 0. The molecule has 3 heteroatoms. The fourth-order valence-electron chi connectivity index (χ4n) is 2.29. The zero-order valence-electron chi connectivity index (χ0n) is 12.7. The van der Waals surface area contributed by atoms with Gasteiger partial charge in [-0.3, -0.25) is 0 Å². The molecule has 0 unspecified atom stereocenters. The molecule has 0 radical (unpaired) electrons. The number of guanidine groups is 1. The maximum atomic E-state index is 4.71. The van der Waals surface area contributed by atoms with E-state index in [1.807, 2.05) is 38.0 Å². The highest BCUT2D eigenvalue weighted by atomic mass is 15.3. The third-order valence-electron chi connectivity index (χ3n) is 3.02. The minimum absolute atomic E-state index is 0.740. The van der Waals surface area contributed by atoms with E-state index in [1.165, 1.54) is 22.3 Å². The first-order valence-corrected chi connectivity index (χ1v) is 6.28. The molecule has 0 aliphatic heterocycles. The Balaban J connectivity index is 3.01. The van der Waals surface area contributed by atoms with Gasteiger partial charge in [-0.25, -0.2) is 4.99 Å². The Morgan fingerprint density at radius 3 is 1.78 bits per heavy atom. The van der Waals surface area contributed by atoms with Crippen LogP contribution in [0.2, 0.25) is 0 Å². The first-order valence-electron chi connectivity index (χ1n) is 6.28. The van der Waals surface area contributed by atoms with Gasteiger partial charge < -0.3 is 9.80 Å². The van der Waals surface area contributed by atoms with Crippen LogP contribution in [0.15, 0.2) is 17.1 Å². The lowest BCUT2D eigenvalue weighted by Crippen LogP contribution is -2.35. The quantitative estimate of drug-likeness (QED) is 0.591. The molecular formula is C15H25N3. The lowest BCUT2D eigenvalue weighted by molar-refractivity contribution is 0.479. The SMILES string of the molecule is Cc1cc(C)c(CN=C(N(C)C)N(C)C)c(C)c1. The van der Waals surface area contributed by atoms with Crippen molar-refractivity contribution >= 4 is 5.96 Å². The van der Waals surface area contributed by atoms with Crippen LogP contribution >= 0.6 is 0 Å². The second-order valence-corrected chi connectivity index (χ2v) is 5.28. The van der Waals surface area contributed by atoms with Gasteiger partial charge in [0.15, 0.2) is 5.96 Å². The Kier molecular flexibility index (Phi) is 4.76. The second kappa shape index (κ2) is 5.89. The average molecular weight is 247 g/mol. The zero-order chi connectivity index (χ0) is 13.9. The van der Waals surface area contributed by atoms with Crippen LogP contribution in [0, 0.1) is 20.8 Å². The molecule has 0 amide bonds. The monoisotopic (exact) mass is 247 g/mol. The molecule has 1 aromatic rings. The summed E-state index contributed by atoms with van der Waals surface area (Å²) in [7, 11) is 8.09. The minimum Gasteiger partial charge on any atom is -0.349 e. The van der Waals surface area contributed by atoms with Crippen LogP contribution in [0.1, 0.15) is 22.3 Å². The van der Waals surface area contributed by atoms with Crippen LogP contribution in [0.25, 0.3) is 0 Å². The third kappa shape index (κ3) is 3.49. The normalized spacial score (nSPS) is 10.2. The van der Waals surface area contributed by atoms with E-state index in [9.17, 15) is 0 Å². The summed E-state index contributed by atoms with van der Waals surface area (Å²) in [6.45, 7) is 7.20. The van der Waals surface area contributed by atoms with Crippen LogP contribution < -0.4 is 0 Å². The fraction of sp³-hybridized carbons (Fsp3) is 0.533. The van der Waals surface area contributed by atoms with Crippen molar-refractivity contribution in [2.45, 2.75) is 27.3 Å². The third-order valence-corrected chi connectivity index (χ3v) is 3.02. The maximum Gasteiger partial charge on any atom is 0.195 e. The van der Waals surface area contributed by atoms with Crippen molar-refractivity contribution in [1.82, 2.24) is 9.80 Å². The standard InChI is InChI=1S/C15H25N3/c1-11-8-12(2)14(13(3)9-11)10-16-15(17(4)5)18(6)7/h8-9H,10H2,1-7H3. The molecule has 0 heterocycles. The van der Waals surface area contributed by atoms with Crippen LogP contribution in [0.3, 0.4) is 0 Å². The van der Waals surface area contributed by atoms with Gasteiger partial charge in [-0.1, -0.05) is 17.7 Å². The first-order chi connectivity index (χ1) is 8.32. The molecule has 1 aromatic carbocycles. The van der Waals surface area contributed by atoms with E-state index in [2.05, 4.69) is 32.9 Å². The molecule has 0 fully saturated rings. The van der Waals surface area contributed by atoms with Crippen molar-refractivity contribution in [1.29, 1.82) is 0 Å². The van der Waals surface area contributed by atoms with Crippen LogP contribution in [-0.4, -0.2) is 44.0 Å². The summed E-state index contributed by atoms with van der Waals surface area (Å²) in [5.41, 5.74) is 5.31. The van der Waals surface area contributed by atoms with Crippen molar-refractivity contribution in [3.05, 3.63) is 34.4 Å². The molecule has 0 aromatic heterocycles. The molecule has 0 saturated heterocycles. The van der Waals surface area contributed by atoms with Crippen LogP contribution in [-0.2, 0) is 6.54 Å². The molecule has 0 atom stereocenters. The van der Waals surface area contributed by atoms with E-state index in [0.717, 1.165) is 12.5 Å². The van der Waals surface area contributed by atoms with E-state index in [0.29, 0.717) is 0 Å². The van der Waals surface area contributed by atoms with Crippen LogP contribution in [0.4, 0.5) is 0 Å². The van der Waals surface area contributed by atoms with Crippen molar-refractivity contribution in [3.8, 4) is 0 Å². The van der Waals surface area contributed by atoms with E-state index in [1.54, 1.807) is 0 Å². The van der Waals surface area contributed by atoms with Gasteiger partial charge in [0, 0.05) is 28.2 Å². The van der Waals surface area contributed by atoms with Crippen molar-refractivity contribution in [2.24, 2.45) is 4.99 Å². The van der Waals surface area contributed by atoms with E-state index >= 15 is 0 Å². The largest absolute Gasteiger partial charge is 0.349 e. The van der Waals surface area contributed by atoms with Crippen molar-refractivity contribution in [2.75, 3.05) is 28.2 Å². The van der Waals surface area contributed by atoms with E-state index < -0.39 is 0 Å². The molecule has 100 valence electrons. The Morgan fingerprint density at radius 2 is 1.39 bits per heavy atom. The molecule has 0 aliphatic rings. The Morgan fingerprint density at radius 1 is 0.944 bits per heavy atom. The van der Waals surface area contributed by atoms with Crippen LogP contribution in [0.5, 0.6) is 0 Å². The summed E-state index contributed by atoms with van der Waals surface area (Å²) in [4.78, 5) is 8.79. The number of hydrogen-bond acceptors (Lipinski definition) is 1. The Labute approximate surface area is 111 Å². The first kappa shape index (κ1) is 14.6. The Bertz CT molecular complexity index is 412. The summed E-state index contributed by atoms with van der Waals surface area (Å²) in [5.74, 6) is 0.995. The lowest BCUT2D eigenvalue weighted by Gasteiger charge is -2.23. The number of rotatable bonds is 2. The molecule has 0 spiro atoms. The molecule has 0 bridgehead atoms. The number of benzene rings is 1. The lowest BCUT2D eigenvalue weighted by atomic mass is 10.00. The highest BCUT2D eigenvalue weighted by molar-refractivity contribution is 5.79. The molecule has 0 saturated carbocycles. The smallest absolute Gasteiger partial charge is 0.195 e. The van der Waals surface area contributed by atoms with Gasteiger partial charge in [0.25, 0.3) is 0 Å². The van der Waals surface area contributed by atoms with E-state index in [4.69, 9.17) is 4.99 Å². The molecule has 1 rings (SSSR count). The predicted octanol–water partition coefficient (Wildman–Crippen LogP) is 2.59. The van der Waals surface area contributed by atoms with Crippen molar-refractivity contribution in [3.63, 3.8) is 0 Å². The number of hydrogen-bond donors (Lipinski definition) is 0. The predicted molar refractivity (Wildman–Crippen MR) is 79.2 cm³/mol. The molecule has 18 heavy (non-hydrogen) atoms. The molecule has 3 nitrogen and oxygen atoms in total. The number of aryl methyl sites for hydroxylation is 3. The van der Waals surface area contributed by atoms with Crippen molar-refractivity contribution < 1.29 is 0 Å². The topological polar surface area (TPSA) is 18.8 Å². The summed E-state index contributed by atoms with van der Waals surface area (Å²) in [6, 6.07) is 4.45. The van der Waals surface area contributed by atoms with Gasteiger partial charge in [-0.05, 0) is 37.5 Å². The average Bonchev–Trinajstić information content (AvgIpc) is 2.20. The van der Waals surface area contributed by atoms with Gasteiger partial charge in [0.05, 0.1) is 6.54 Å². The maximum absolute atomic E-state index is 4.71. The summed E-state index contributed by atoms with van der Waals surface area (Å²) in [5, 5.41) is 0. The fourth-order valence-corrected chi connectivity index (χ4v) is 2.29. The number of nitrogens with zero attached hydrogens (tertiary/aromatic N) is 3. The van der Waals surface area contributed by atoms with Gasteiger partial charge >= 0.3 is 0 Å². The van der Waals surface area contributed by atoms with E-state index in [-0.39, 0.29) is 0 Å². The minimum atomic E-state index is 0.740.